The Balaban J connectivity index is 0.00000109. The van der Waals surface area contributed by atoms with Gasteiger partial charge in [0.05, 0.1) is 23.7 Å². The number of carbonyl (C=O) groups is 1. The van der Waals surface area contributed by atoms with Crippen LogP contribution in [0.4, 0.5) is 5.82 Å². The summed E-state index contributed by atoms with van der Waals surface area (Å²) >= 11 is 1.19. The molecule has 144 valence electrons. The maximum Gasteiger partial charge on any atom is 0.345 e. The van der Waals surface area contributed by atoms with Crippen LogP contribution in [0.5, 0.6) is 5.75 Å². The van der Waals surface area contributed by atoms with E-state index in [-0.39, 0.29) is 4.88 Å². The summed E-state index contributed by atoms with van der Waals surface area (Å²) in [5.74, 6) is 0.716. The maximum absolute atomic E-state index is 11.1. The van der Waals surface area contributed by atoms with Crippen LogP contribution in [-0.4, -0.2) is 33.1 Å². The predicted molar refractivity (Wildman–Crippen MR) is 112 cm³/mol. The minimum atomic E-state index is -0.948. The van der Waals surface area contributed by atoms with E-state index in [9.17, 15) is 4.79 Å². The van der Waals surface area contributed by atoms with Gasteiger partial charge in [-0.3, -0.25) is 0 Å². The largest absolute Gasteiger partial charge is 0.497 e. The second kappa shape index (κ2) is 8.10. The average molecular weight is 396 g/mol. The first kappa shape index (κ1) is 19.4. The zero-order chi connectivity index (χ0) is 20.3. The van der Waals surface area contributed by atoms with E-state index in [1.165, 1.54) is 11.3 Å². The van der Waals surface area contributed by atoms with Crippen molar-refractivity contribution in [1.82, 2.24) is 15.0 Å². The number of hydrogen-bond donors (Lipinski definition) is 3. The Labute approximate surface area is 165 Å². The summed E-state index contributed by atoms with van der Waals surface area (Å²) in [6, 6.07) is 10.7. The number of H-pyrrole nitrogens is 1. The monoisotopic (exact) mass is 396 g/mol. The van der Waals surface area contributed by atoms with Crippen molar-refractivity contribution in [2.45, 2.75) is 13.8 Å². The molecule has 3 heterocycles. The van der Waals surface area contributed by atoms with Gasteiger partial charge in [0.2, 0.25) is 0 Å². The summed E-state index contributed by atoms with van der Waals surface area (Å²) in [6.07, 6.45) is 1.63. The summed E-state index contributed by atoms with van der Waals surface area (Å²) in [5.41, 5.74) is 9.10. The lowest BCUT2D eigenvalue weighted by molar-refractivity contribution is 0.0702. The van der Waals surface area contributed by atoms with Crippen molar-refractivity contribution in [1.29, 1.82) is 0 Å². The van der Waals surface area contributed by atoms with E-state index in [0.717, 1.165) is 27.2 Å². The fourth-order valence-electron chi connectivity index (χ4n) is 2.65. The van der Waals surface area contributed by atoms with E-state index in [2.05, 4.69) is 15.0 Å². The summed E-state index contributed by atoms with van der Waals surface area (Å²) in [5, 5.41) is 9.09. The second-order valence-electron chi connectivity index (χ2n) is 5.59. The van der Waals surface area contributed by atoms with Crippen LogP contribution in [-0.2, 0) is 0 Å². The number of benzene rings is 1. The topological polar surface area (TPSA) is 114 Å². The van der Waals surface area contributed by atoms with Crippen LogP contribution in [0.25, 0.3) is 32.9 Å². The molecular weight excluding hydrogens is 376 g/mol. The summed E-state index contributed by atoms with van der Waals surface area (Å²) in [4.78, 5) is 24.2. The Morgan fingerprint density at radius 1 is 1.21 bits per heavy atom. The number of methoxy groups -OCH3 is 1. The molecule has 1 aromatic carbocycles. The van der Waals surface area contributed by atoms with Gasteiger partial charge in [-0.25, -0.2) is 14.8 Å². The molecule has 0 aliphatic heterocycles. The van der Waals surface area contributed by atoms with Crippen LogP contribution < -0.4 is 10.5 Å². The maximum atomic E-state index is 11.1. The molecule has 7 nitrogen and oxygen atoms in total. The number of anilines is 1. The molecule has 3 aromatic heterocycles. The number of nitrogens with one attached hydrogen (secondary N) is 1. The minimum Gasteiger partial charge on any atom is -0.497 e. The van der Waals surface area contributed by atoms with Gasteiger partial charge in [0.15, 0.2) is 0 Å². The van der Waals surface area contributed by atoms with Gasteiger partial charge in [0.1, 0.15) is 22.3 Å². The quantitative estimate of drug-likeness (QED) is 0.462. The van der Waals surface area contributed by atoms with E-state index in [1.54, 1.807) is 25.4 Å². The first-order chi connectivity index (χ1) is 13.5. The fraction of sp³-hybridized carbons (Fsp3) is 0.150. The summed E-state index contributed by atoms with van der Waals surface area (Å²) in [7, 11) is 1.61. The van der Waals surface area contributed by atoms with E-state index in [0.29, 0.717) is 17.2 Å². The highest BCUT2D eigenvalue weighted by Crippen LogP contribution is 2.33. The van der Waals surface area contributed by atoms with E-state index < -0.39 is 5.97 Å². The highest BCUT2D eigenvalue weighted by molar-refractivity contribution is 7.17. The summed E-state index contributed by atoms with van der Waals surface area (Å²) in [6.45, 7) is 4.00. The van der Waals surface area contributed by atoms with Crippen LogP contribution in [0.2, 0.25) is 0 Å². The Morgan fingerprint density at radius 3 is 2.68 bits per heavy atom. The molecule has 0 aliphatic carbocycles. The van der Waals surface area contributed by atoms with Crippen molar-refractivity contribution >= 4 is 34.2 Å². The van der Waals surface area contributed by atoms with Crippen LogP contribution in [0.1, 0.15) is 23.5 Å². The Bertz CT molecular complexity index is 1130. The van der Waals surface area contributed by atoms with Gasteiger partial charge in [-0.05, 0) is 30.3 Å². The van der Waals surface area contributed by atoms with Gasteiger partial charge < -0.3 is 20.6 Å². The molecule has 0 bridgehead atoms. The zero-order valence-electron chi connectivity index (χ0n) is 15.7. The van der Waals surface area contributed by atoms with E-state index in [4.69, 9.17) is 15.6 Å². The number of nitrogens with zero attached hydrogens (tertiary/aromatic N) is 2. The Hall–Kier alpha value is -3.39. The van der Waals surface area contributed by atoms with Gasteiger partial charge in [-0.1, -0.05) is 13.8 Å². The number of imidazole rings is 1. The lowest BCUT2D eigenvalue weighted by atomic mass is 10.1. The molecule has 8 heteroatoms. The standard InChI is InChI=1S/C18H14N4O3S.C2H6/c1-25-10-2-3-12-13(7-10)22-17(21-12)11-6-9(8-20-16(11)19)14-4-5-15(26-14)18(23)24;1-2/h2-8H,1H3,(H2,19,20)(H,21,22)(H,23,24);1-2H3. The zero-order valence-corrected chi connectivity index (χ0v) is 16.5. The van der Waals surface area contributed by atoms with Crippen molar-refractivity contribution in [2.75, 3.05) is 12.8 Å². The summed E-state index contributed by atoms with van der Waals surface area (Å²) < 4.78 is 5.23. The van der Waals surface area contributed by atoms with Gasteiger partial charge in [-0.2, -0.15) is 0 Å². The third-order valence-electron chi connectivity index (χ3n) is 3.96. The number of aromatic carboxylic acids is 1. The molecule has 28 heavy (non-hydrogen) atoms. The number of carboxylic acid groups (broad SMARTS) is 1. The number of nitrogens with two attached hydrogens (primary N) is 1. The van der Waals surface area contributed by atoms with Crippen molar-refractivity contribution in [3.8, 4) is 27.6 Å². The van der Waals surface area contributed by atoms with Crippen LogP contribution in [0.3, 0.4) is 0 Å². The minimum absolute atomic E-state index is 0.272. The number of hydrogen-bond acceptors (Lipinski definition) is 6. The lowest BCUT2D eigenvalue weighted by Crippen LogP contribution is -1.95. The Morgan fingerprint density at radius 2 is 2.00 bits per heavy atom. The van der Waals surface area contributed by atoms with Crippen LogP contribution in [0, 0.1) is 0 Å². The molecule has 0 radical (unpaired) electrons. The Kier molecular flexibility index (Phi) is 5.60. The number of ether oxygens (including phenoxy) is 1. The number of aromatic amines is 1. The number of pyridine rings is 1. The van der Waals surface area contributed by atoms with Crippen molar-refractivity contribution in [3.63, 3.8) is 0 Å². The number of rotatable bonds is 4. The van der Waals surface area contributed by atoms with Crippen LogP contribution >= 0.6 is 11.3 Å². The van der Waals surface area contributed by atoms with Crippen LogP contribution in [0.15, 0.2) is 42.6 Å². The van der Waals surface area contributed by atoms with Gasteiger partial charge in [-0.15, -0.1) is 11.3 Å². The average Bonchev–Trinajstić information content (AvgIpc) is 3.36. The normalized spacial score (nSPS) is 10.4. The van der Waals surface area contributed by atoms with Gasteiger partial charge in [0, 0.05) is 22.7 Å². The SMILES string of the molecule is CC.COc1ccc2nc(-c3cc(-c4ccc(C(=O)O)s4)cnc3N)[nH]c2c1. The van der Waals surface area contributed by atoms with E-state index in [1.807, 2.05) is 38.1 Å². The molecule has 0 spiro atoms. The first-order valence-electron chi connectivity index (χ1n) is 8.68. The van der Waals surface area contributed by atoms with Crippen molar-refractivity contribution < 1.29 is 14.6 Å². The second-order valence-corrected chi connectivity index (χ2v) is 6.68. The highest BCUT2D eigenvalue weighted by Gasteiger charge is 2.14. The van der Waals surface area contributed by atoms with E-state index >= 15 is 0 Å². The number of fused-ring (bicyclic) bond motifs is 1. The molecule has 0 saturated carbocycles. The number of nitrogen functional groups attached to an aromatic ring is 1. The van der Waals surface area contributed by atoms with Gasteiger partial charge >= 0.3 is 5.97 Å². The van der Waals surface area contributed by atoms with Crippen molar-refractivity contribution in [3.05, 3.63) is 47.5 Å². The smallest absolute Gasteiger partial charge is 0.345 e. The number of aromatic nitrogens is 3. The first-order valence-corrected chi connectivity index (χ1v) is 9.50. The molecule has 0 atom stereocenters. The molecular formula is C20H20N4O3S. The molecule has 0 fully saturated rings. The predicted octanol–water partition coefficient (Wildman–Crippen LogP) is 4.67. The molecule has 4 N–H and O–H groups in total. The molecule has 0 saturated heterocycles. The fourth-order valence-corrected chi connectivity index (χ4v) is 3.48. The highest BCUT2D eigenvalue weighted by atomic mass is 32.1. The molecule has 0 amide bonds. The lowest BCUT2D eigenvalue weighted by Gasteiger charge is -2.04. The molecule has 0 aliphatic rings. The molecule has 0 unspecified atom stereocenters. The van der Waals surface area contributed by atoms with Gasteiger partial charge in [0.25, 0.3) is 0 Å². The van der Waals surface area contributed by atoms with Crippen molar-refractivity contribution in [2.24, 2.45) is 0 Å². The third kappa shape index (κ3) is 3.67. The number of carboxylic acids is 1. The third-order valence-corrected chi connectivity index (χ3v) is 5.09. The molecule has 4 aromatic rings. The molecule has 4 rings (SSSR count). The number of thiophene rings is 1.